The molecule has 3 rings (SSSR count). The molecule has 1 N–H and O–H groups in total. The number of likely N-dealkylation sites (N-methyl/N-ethyl adjacent to an activating group) is 1. The van der Waals surface area contributed by atoms with Gasteiger partial charge in [0.2, 0.25) is 0 Å². The summed E-state index contributed by atoms with van der Waals surface area (Å²) in [5.74, 6) is 0.361. The van der Waals surface area contributed by atoms with Crippen molar-refractivity contribution in [3.05, 3.63) is 29.7 Å². The van der Waals surface area contributed by atoms with Crippen LogP contribution >= 0.6 is 24.8 Å². The molecule has 0 bridgehead atoms. The molecule has 3 heterocycles. The van der Waals surface area contributed by atoms with Gasteiger partial charge in [-0.05, 0) is 38.9 Å². The van der Waals surface area contributed by atoms with Gasteiger partial charge in [-0.25, -0.2) is 4.98 Å². The summed E-state index contributed by atoms with van der Waals surface area (Å²) in [5, 5.41) is 3.14. The van der Waals surface area contributed by atoms with Crippen LogP contribution in [0.15, 0.2) is 22.6 Å². The molecule has 0 saturated carbocycles. The third-order valence-corrected chi connectivity index (χ3v) is 3.80. The number of likely N-dealkylation sites (tertiary alicyclic amines) is 1. The Kier molecular flexibility index (Phi) is 6.66. The number of carbonyl (C=O) groups excluding carboxylic acids is 1. The fourth-order valence-corrected chi connectivity index (χ4v) is 2.82. The van der Waals surface area contributed by atoms with Gasteiger partial charge in [0.1, 0.15) is 5.52 Å². The number of pyridine rings is 1. The van der Waals surface area contributed by atoms with Crippen LogP contribution in [-0.2, 0) is 0 Å². The maximum Gasteiger partial charge on any atom is 0.289 e. The van der Waals surface area contributed by atoms with Crippen LogP contribution in [0.4, 0.5) is 0 Å². The molecule has 1 unspecified atom stereocenters. The standard InChI is InChI=1S/C15H19N3O2.2ClH/c1-10-5-6-13-12(17-10)8-14(20-13)15(19)18-7-3-4-11(18)9-16-2;;/h5-6,8,11,16H,3-4,7,9H2,1-2H3;2*1H. The van der Waals surface area contributed by atoms with Gasteiger partial charge in [-0.15, -0.1) is 24.8 Å². The van der Waals surface area contributed by atoms with Gasteiger partial charge in [-0.3, -0.25) is 4.79 Å². The molecule has 1 atom stereocenters. The normalized spacial score (nSPS) is 17.2. The fraction of sp³-hybridized carbons (Fsp3) is 0.467. The summed E-state index contributed by atoms with van der Waals surface area (Å²) in [7, 11) is 1.91. The molecular weight excluding hydrogens is 325 g/mol. The fourth-order valence-electron chi connectivity index (χ4n) is 2.82. The lowest BCUT2D eigenvalue weighted by Gasteiger charge is -2.23. The van der Waals surface area contributed by atoms with Crippen LogP contribution in [0.5, 0.6) is 0 Å². The molecule has 0 aromatic carbocycles. The summed E-state index contributed by atoms with van der Waals surface area (Å²) >= 11 is 0. The van der Waals surface area contributed by atoms with Crippen LogP contribution in [0, 0.1) is 6.92 Å². The number of furan rings is 1. The molecule has 2 aromatic rings. The van der Waals surface area contributed by atoms with E-state index >= 15 is 0 Å². The van der Waals surface area contributed by atoms with Crippen molar-refractivity contribution in [2.75, 3.05) is 20.1 Å². The molecule has 0 spiro atoms. The number of fused-ring (bicyclic) bond motifs is 1. The number of rotatable bonds is 3. The van der Waals surface area contributed by atoms with Crippen molar-refractivity contribution in [1.82, 2.24) is 15.2 Å². The van der Waals surface area contributed by atoms with Crippen molar-refractivity contribution in [3.8, 4) is 0 Å². The summed E-state index contributed by atoms with van der Waals surface area (Å²) in [4.78, 5) is 18.9. The summed E-state index contributed by atoms with van der Waals surface area (Å²) < 4.78 is 5.65. The van der Waals surface area contributed by atoms with Crippen molar-refractivity contribution < 1.29 is 9.21 Å². The quantitative estimate of drug-likeness (QED) is 0.929. The second-order valence-electron chi connectivity index (χ2n) is 5.30. The van der Waals surface area contributed by atoms with Gasteiger partial charge < -0.3 is 14.6 Å². The van der Waals surface area contributed by atoms with Gasteiger partial charge >= 0.3 is 0 Å². The van der Waals surface area contributed by atoms with E-state index in [1.165, 1.54) is 0 Å². The highest BCUT2D eigenvalue weighted by Gasteiger charge is 2.30. The first-order chi connectivity index (χ1) is 9.69. The minimum Gasteiger partial charge on any atom is -0.449 e. The van der Waals surface area contributed by atoms with E-state index in [2.05, 4.69) is 10.3 Å². The van der Waals surface area contributed by atoms with Crippen LogP contribution in [0.25, 0.3) is 11.1 Å². The molecule has 2 aromatic heterocycles. The van der Waals surface area contributed by atoms with E-state index in [9.17, 15) is 4.79 Å². The summed E-state index contributed by atoms with van der Waals surface area (Å²) in [6.45, 7) is 3.55. The number of nitrogens with one attached hydrogen (secondary N) is 1. The molecule has 7 heteroatoms. The molecule has 0 radical (unpaired) electrons. The van der Waals surface area contributed by atoms with Crippen LogP contribution in [0.2, 0.25) is 0 Å². The van der Waals surface area contributed by atoms with Crippen molar-refractivity contribution in [1.29, 1.82) is 0 Å². The summed E-state index contributed by atoms with van der Waals surface area (Å²) in [6, 6.07) is 5.76. The molecule has 5 nitrogen and oxygen atoms in total. The average Bonchev–Trinajstić information content (AvgIpc) is 3.04. The largest absolute Gasteiger partial charge is 0.449 e. The molecular formula is C15H21Cl2N3O2. The topological polar surface area (TPSA) is 58.4 Å². The SMILES string of the molecule is CNCC1CCCN1C(=O)c1cc2nc(C)ccc2o1.Cl.Cl. The second kappa shape index (κ2) is 7.81. The van der Waals surface area contributed by atoms with Crippen molar-refractivity contribution in [3.63, 3.8) is 0 Å². The van der Waals surface area contributed by atoms with Gasteiger partial charge in [0, 0.05) is 30.9 Å². The van der Waals surface area contributed by atoms with Crippen molar-refractivity contribution in [2.24, 2.45) is 0 Å². The number of hydrogen-bond acceptors (Lipinski definition) is 4. The number of nitrogens with zero attached hydrogens (tertiary/aromatic N) is 2. The highest BCUT2D eigenvalue weighted by atomic mass is 35.5. The van der Waals surface area contributed by atoms with E-state index in [1.807, 2.05) is 31.0 Å². The molecule has 1 aliphatic heterocycles. The maximum absolute atomic E-state index is 12.6. The van der Waals surface area contributed by atoms with E-state index in [-0.39, 0.29) is 36.8 Å². The summed E-state index contributed by atoms with van der Waals surface area (Å²) in [6.07, 6.45) is 2.10. The van der Waals surface area contributed by atoms with Crippen LogP contribution in [0.3, 0.4) is 0 Å². The number of carbonyl (C=O) groups is 1. The van der Waals surface area contributed by atoms with E-state index < -0.39 is 0 Å². The predicted molar refractivity (Wildman–Crippen MR) is 91.2 cm³/mol. The lowest BCUT2D eigenvalue weighted by molar-refractivity contribution is 0.0707. The smallest absolute Gasteiger partial charge is 0.289 e. The Balaban J connectivity index is 0.00000121. The minimum atomic E-state index is -0.0293. The number of aromatic nitrogens is 1. The van der Waals surface area contributed by atoms with Gasteiger partial charge in [0.25, 0.3) is 5.91 Å². The monoisotopic (exact) mass is 345 g/mol. The number of hydrogen-bond donors (Lipinski definition) is 1. The van der Waals surface area contributed by atoms with Gasteiger partial charge in [0.15, 0.2) is 11.3 Å². The third kappa shape index (κ3) is 3.54. The van der Waals surface area contributed by atoms with E-state index in [1.54, 1.807) is 6.07 Å². The van der Waals surface area contributed by atoms with Crippen molar-refractivity contribution in [2.45, 2.75) is 25.8 Å². The zero-order valence-electron chi connectivity index (χ0n) is 12.7. The van der Waals surface area contributed by atoms with Gasteiger partial charge in [0.05, 0.1) is 0 Å². The van der Waals surface area contributed by atoms with Gasteiger partial charge in [-0.2, -0.15) is 0 Å². The first kappa shape index (κ1) is 18.7. The zero-order valence-corrected chi connectivity index (χ0v) is 14.3. The third-order valence-electron chi connectivity index (χ3n) is 3.80. The van der Waals surface area contributed by atoms with E-state index in [0.717, 1.165) is 37.1 Å². The Labute approximate surface area is 142 Å². The average molecular weight is 346 g/mol. The zero-order chi connectivity index (χ0) is 14.1. The molecule has 1 amide bonds. The molecule has 122 valence electrons. The number of aryl methyl sites for hydroxylation is 1. The lowest BCUT2D eigenvalue weighted by atomic mass is 10.2. The van der Waals surface area contributed by atoms with Crippen LogP contribution < -0.4 is 5.32 Å². The molecule has 1 aliphatic rings. The van der Waals surface area contributed by atoms with Gasteiger partial charge in [-0.1, -0.05) is 0 Å². The molecule has 1 saturated heterocycles. The second-order valence-corrected chi connectivity index (χ2v) is 5.30. The number of halogens is 2. The highest BCUT2D eigenvalue weighted by Crippen LogP contribution is 2.23. The van der Waals surface area contributed by atoms with Crippen LogP contribution in [0.1, 0.15) is 29.1 Å². The summed E-state index contributed by atoms with van der Waals surface area (Å²) in [5.41, 5.74) is 2.34. The van der Waals surface area contributed by atoms with Crippen molar-refractivity contribution >= 4 is 41.8 Å². The Morgan fingerprint density at radius 1 is 1.45 bits per heavy atom. The Morgan fingerprint density at radius 3 is 2.95 bits per heavy atom. The Hall–Kier alpha value is -1.30. The first-order valence-corrected chi connectivity index (χ1v) is 7.02. The molecule has 1 fully saturated rings. The molecule has 0 aliphatic carbocycles. The Morgan fingerprint density at radius 2 is 2.23 bits per heavy atom. The van der Waals surface area contributed by atoms with E-state index in [4.69, 9.17) is 4.42 Å². The lowest BCUT2D eigenvalue weighted by Crippen LogP contribution is -2.40. The Bertz CT molecular complexity index is 645. The first-order valence-electron chi connectivity index (χ1n) is 7.02. The maximum atomic E-state index is 12.6. The minimum absolute atomic E-state index is 0. The highest BCUT2D eigenvalue weighted by molar-refractivity contribution is 5.95. The number of amides is 1. The van der Waals surface area contributed by atoms with Crippen LogP contribution in [-0.4, -0.2) is 42.0 Å². The predicted octanol–water partition coefficient (Wildman–Crippen LogP) is 2.80. The molecule has 22 heavy (non-hydrogen) atoms. The van der Waals surface area contributed by atoms with E-state index in [0.29, 0.717) is 11.3 Å².